The first-order valence-electron chi connectivity index (χ1n) is 7.22. The van der Waals surface area contributed by atoms with Crippen molar-refractivity contribution in [2.24, 2.45) is 5.92 Å². The molecular formula is C17H19N3O. The van der Waals surface area contributed by atoms with Crippen molar-refractivity contribution in [3.63, 3.8) is 0 Å². The second-order valence-corrected chi connectivity index (χ2v) is 5.40. The van der Waals surface area contributed by atoms with Crippen LogP contribution in [0.2, 0.25) is 0 Å². The maximum atomic E-state index is 12.3. The van der Waals surface area contributed by atoms with Crippen LogP contribution in [-0.4, -0.2) is 27.1 Å². The lowest BCUT2D eigenvalue weighted by Crippen LogP contribution is -2.33. The van der Waals surface area contributed by atoms with Gasteiger partial charge in [0.25, 0.3) is 0 Å². The summed E-state index contributed by atoms with van der Waals surface area (Å²) >= 11 is 0. The number of carbonyl (C=O) groups excluding carboxylic acids is 1. The number of nitrogens with zero attached hydrogens (tertiary/aromatic N) is 3. The molecule has 1 amide bonds. The van der Waals surface area contributed by atoms with Crippen LogP contribution < -0.4 is 0 Å². The summed E-state index contributed by atoms with van der Waals surface area (Å²) in [6, 6.07) is 12.1. The Morgan fingerprint density at radius 2 is 2.14 bits per heavy atom. The van der Waals surface area contributed by atoms with Crippen LogP contribution in [0, 0.1) is 5.92 Å². The quantitative estimate of drug-likeness (QED) is 0.790. The number of rotatable bonds is 5. The molecule has 4 nitrogen and oxygen atoms in total. The minimum absolute atomic E-state index is 0.0172. The molecule has 0 saturated carbocycles. The summed E-state index contributed by atoms with van der Waals surface area (Å²) in [5.74, 6) is 0.447. The van der Waals surface area contributed by atoms with Crippen molar-refractivity contribution in [1.82, 2.24) is 14.7 Å². The number of hydrogen-bond acceptors (Lipinski definition) is 2. The number of carbonyl (C=O) groups is 1. The van der Waals surface area contributed by atoms with Crippen LogP contribution in [0.25, 0.3) is 0 Å². The Morgan fingerprint density at radius 3 is 2.76 bits per heavy atom. The molecule has 0 radical (unpaired) electrons. The zero-order valence-electron chi connectivity index (χ0n) is 11.9. The lowest BCUT2D eigenvalue weighted by atomic mass is 10.1. The Balaban J connectivity index is 1.89. The first kappa shape index (κ1) is 13.6. The van der Waals surface area contributed by atoms with Crippen molar-refractivity contribution in [2.45, 2.75) is 19.0 Å². The summed E-state index contributed by atoms with van der Waals surface area (Å²) in [6.45, 7) is 5.24. The van der Waals surface area contributed by atoms with Crippen molar-refractivity contribution in [2.75, 3.05) is 6.54 Å². The monoisotopic (exact) mass is 281 g/mol. The largest absolute Gasteiger partial charge is 0.333 e. The van der Waals surface area contributed by atoms with Crippen molar-refractivity contribution in [1.29, 1.82) is 0 Å². The average Bonchev–Trinajstić information content (AvgIpc) is 3.15. The highest BCUT2D eigenvalue weighted by molar-refractivity contribution is 5.79. The van der Waals surface area contributed by atoms with E-state index in [9.17, 15) is 4.79 Å². The van der Waals surface area contributed by atoms with Gasteiger partial charge >= 0.3 is 0 Å². The van der Waals surface area contributed by atoms with E-state index >= 15 is 0 Å². The SMILES string of the molecule is C=CC1CC(=O)N(C(Cn2cccn2)c2ccccc2)C1. The number of aromatic nitrogens is 2. The smallest absolute Gasteiger partial charge is 0.223 e. The third-order valence-electron chi connectivity index (χ3n) is 4.00. The van der Waals surface area contributed by atoms with E-state index in [1.807, 2.05) is 46.1 Å². The van der Waals surface area contributed by atoms with E-state index < -0.39 is 0 Å². The van der Waals surface area contributed by atoms with E-state index in [1.54, 1.807) is 6.20 Å². The maximum absolute atomic E-state index is 12.3. The van der Waals surface area contributed by atoms with E-state index in [-0.39, 0.29) is 17.9 Å². The molecule has 3 rings (SSSR count). The molecule has 1 aromatic carbocycles. The average molecular weight is 281 g/mol. The number of hydrogen-bond donors (Lipinski definition) is 0. The molecule has 2 atom stereocenters. The van der Waals surface area contributed by atoms with Crippen molar-refractivity contribution in [3.05, 3.63) is 67.0 Å². The van der Waals surface area contributed by atoms with Gasteiger partial charge in [-0.1, -0.05) is 36.4 Å². The van der Waals surface area contributed by atoms with Gasteiger partial charge in [-0.2, -0.15) is 5.10 Å². The van der Waals surface area contributed by atoms with E-state index in [4.69, 9.17) is 0 Å². The van der Waals surface area contributed by atoms with Crippen LogP contribution in [-0.2, 0) is 11.3 Å². The summed E-state index contributed by atoms with van der Waals surface area (Å²) in [6.07, 6.45) is 6.14. The number of likely N-dealkylation sites (tertiary alicyclic amines) is 1. The lowest BCUT2D eigenvalue weighted by Gasteiger charge is -2.28. The molecule has 0 N–H and O–H groups in total. The molecule has 2 aromatic rings. The molecule has 0 bridgehead atoms. The van der Waals surface area contributed by atoms with E-state index in [0.717, 1.165) is 12.1 Å². The van der Waals surface area contributed by atoms with Gasteiger partial charge < -0.3 is 4.90 Å². The second kappa shape index (κ2) is 5.95. The molecular weight excluding hydrogens is 262 g/mol. The molecule has 2 unspecified atom stereocenters. The third kappa shape index (κ3) is 2.89. The van der Waals surface area contributed by atoms with Gasteiger partial charge in [0.05, 0.1) is 12.6 Å². The maximum Gasteiger partial charge on any atom is 0.223 e. The zero-order valence-corrected chi connectivity index (χ0v) is 11.9. The van der Waals surface area contributed by atoms with Crippen molar-refractivity contribution < 1.29 is 4.79 Å². The summed E-state index contributed by atoms with van der Waals surface area (Å²) in [5.41, 5.74) is 1.14. The zero-order chi connectivity index (χ0) is 14.7. The first-order valence-corrected chi connectivity index (χ1v) is 7.22. The molecule has 108 valence electrons. The summed E-state index contributed by atoms with van der Waals surface area (Å²) in [7, 11) is 0. The Kier molecular flexibility index (Phi) is 3.86. The highest BCUT2D eigenvalue weighted by Gasteiger charge is 2.33. The minimum atomic E-state index is 0.0172. The minimum Gasteiger partial charge on any atom is -0.333 e. The van der Waals surface area contributed by atoms with Crippen molar-refractivity contribution in [3.8, 4) is 0 Å². The Bertz CT molecular complexity index is 606. The molecule has 1 aliphatic rings. The summed E-state index contributed by atoms with van der Waals surface area (Å²) in [5, 5.41) is 4.28. The van der Waals surface area contributed by atoms with Gasteiger partial charge in [0.1, 0.15) is 0 Å². The highest BCUT2D eigenvalue weighted by Crippen LogP contribution is 2.30. The van der Waals surface area contributed by atoms with Crippen LogP contribution in [0.4, 0.5) is 0 Å². The van der Waals surface area contributed by atoms with Gasteiger partial charge in [-0.05, 0) is 11.6 Å². The standard InChI is InChI=1S/C17H19N3O/c1-2-14-11-17(21)20(12-14)16(13-19-10-6-9-18-19)15-7-4-3-5-8-15/h2-10,14,16H,1,11-13H2. The van der Waals surface area contributed by atoms with E-state index in [0.29, 0.717) is 13.0 Å². The fraction of sp³-hybridized carbons (Fsp3) is 0.294. The predicted molar refractivity (Wildman–Crippen MR) is 81.4 cm³/mol. The van der Waals surface area contributed by atoms with Gasteiger partial charge in [-0.15, -0.1) is 6.58 Å². The first-order chi connectivity index (χ1) is 10.3. The topological polar surface area (TPSA) is 38.1 Å². The third-order valence-corrected chi connectivity index (χ3v) is 4.00. The Labute approximate surface area is 124 Å². The molecule has 21 heavy (non-hydrogen) atoms. The van der Waals surface area contributed by atoms with Crippen LogP contribution in [0.3, 0.4) is 0 Å². The van der Waals surface area contributed by atoms with Crippen LogP contribution in [0.1, 0.15) is 18.0 Å². The molecule has 1 saturated heterocycles. The molecule has 4 heteroatoms. The molecule has 0 aliphatic carbocycles. The molecule has 1 fully saturated rings. The number of amides is 1. The molecule has 0 spiro atoms. The van der Waals surface area contributed by atoms with Gasteiger partial charge in [0, 0.05) is 31.3 Å². The van der Waals surface area contributed by atoms with Gasteiger partial charge in [-0.3, -0.25) is 9.48 Å². The molecule has 2 heterocycles. The fourth-order valence-corrected chi connectivity index (χ4v) is 2.86. The fourth-order valence-electron chi connectivity index (χ4n) is 2.86. The second-order valence-electron chi connectivity index (χ2n) is 5.40. The number of benzene rings is 1. The van der Waals surface area contributed by atoms with Crippen LogP contribution >= 0.6 is 0 Å². The molecule has 1 aliphatic heterocycles. The normalized spacial score (nSPS) is 19.7. The Morgan fingerprint density at radius 1 is 1.33 bits per heavy atom. The van der Waals surface area contributed by atoms with Crippen molar-refractivity contribution >= 4 is 5.91 Å². The molecule has 1 aromatic heterocycles. The van der Waals surface area contributed by atoms with Gasteiger partial charge in [0.15, 0.2) is 0 Å². The van der Waals surface area contributed by atoms with Crippen LogP contribution in [0.15, 0.2) is 61.4 Å². The van der Waals surface area contributed by atoms with E-state index in [1.165, 1.54) is 0 Å². The van der Waals surface area contributed by atoms with Crippen LogP contribution in [0.5, 0.6) is 0 Å². The summed E-state index contributed by atoms with van der Waals surface area (Å²) < 4.78 is 1.88. The highest BCUT2D eigenvalue weighted by atomic mass is 16.2. The lowest BCUT2D eigenvalue weighted by molar-refractivity contribution is -0.130. The van der Waals surface area contributed by atoms with Gasteiger partial charge in [-0.25, -0.2) is 0 Å². The predicted octanol–water partition coefficient (Wildman–Crippen LogP) is 2.66. The van der Waals surface area contributed by atoms with Gasteiger partial charge in [0.2, 0.25) is 5.91 Å². The van der Waals surface area contributed by atoms with E-state index in [2.05, 4.69) is 23.8 Å². The Hall–Kier alpha value is -2.36. The summed E-state index contributed by atoms with van der Waals surface area (Å²) in [4.78, 5) is 14.3.